The van der Waals surface area contributed by atoms with E-state index in [-0.39, 0.29) is 11.8 Å². The second kappa shape index (κ2) is 9.03. The van der Waals surface area contributed by atoms with Crippen molar-refractivity contribution in [2.45, 2.75) is 76.4 Å². The third-order valence-electron chi connectivity index (χ3n) is 6.06. The van der Waals surface area contributed by atoms with Gasteiger partial charge in [-0.2, -0.15) is 21.6 Å². The Morgan fingerprint density at radius 2 is 1.80 bits per heavy atom. The number of amides is 1. The smallest absolute Gasteiger partial charge is 0.444 e. The number of rotatable bonds is 4. The number of aromatic amines is 1. The van der Waals surface area contributed by atoms with E-state index >= 15 is 0 Å². The van der Waals surface area contributed by atoms with Gasteiger partial charge in [-0.1, -0.05) is 0 Å². The zero-order valence-electron chi connectivity index (χ0n) is 19.7. The summed E-state index contributed by atoms with van der Waals surface area (Å²) in [5.74, 6) is 0.292. The predicted octanol–water partition coefficient (Wildman–Crippen LogP) is 5.26. The average Bonchev–Trinajstić information content (AvgIpc) is 3.41. The molecule has 2 aromatic rings. The molecule has 1 saturated heterocycles. The molecule has 4 rings (SSSR count). The Morgan fingerprint density at radius 3 is 2.46 bits per heavy atom. The molecule has 8 nitrogen and oxygen atoms in total. The van der Waals surface area contributed by atoms with E-state index in [1.54, 1.807) is 37.9 Å². The first kappa shape index (κ1) is 25.3. The number of benzene rings is 1. The first-order chi connectivity index (χ1) is 16.3. The predicted molar refractivity (Wildman–Crippen MR) is 121 cm³/mol. The molecule has 12 heteroatoms. The van der Waals surface area contributed by atoms with E-state index in [2.05, 4.69) is 14.2 Å². The lowest BCUT2D eigenvalue weighted by molar-refractivity contribution is -0.0500. The highest BCUT2D eigenvalue weighted by Crippen LogP contribution is 2.39. The maximum atomic E-state index is 12.9. The molecule has 2 aliphatic rings. The summed E-state index contributed by atoms with van der Waals surface area (Å²) in [5.41, 5.74) is -3.59. The largest absolute Gasteiger partial charge is 0.534 e. The number of carbonyl (C=O) groups is 1. The molecular weight excluding hydrogens is 487 g/mol. The number of fused-ring (bicyclic) bond motifs is 1. The number of halogens is 3. The van der Waals surface area contributed by atoms with Crippen LogP contribution in [-0.2, 0) is 27.7 Å². The maximum Gasteiger partial charge on any atom is 0.534 e. The van der Waals surface area contributed by atoms with Crippen molar-refractivity contribution in [2.75, 3.05) is 6.54 Å². The van der Waals surface area contributed by atoms with E-state index in [1.807, 2.05) is 0 Å². The zero-order chi connectivity index (χ0) is 25.6. The van der Waals surface area contributed by atoms with Crippen molar-refractivity contribution >= 4 is 16.2 Å². The third kappa shape index (κ3) is 5.26. The second-order valence-electron chi connectivity index (χ2n) is 9.77. The lowest BCUT2D eigenvalue weighted by Crippen LogP contribution is -2.36. The number of imidazole rings is 1. The molecule has 35 heavy (non-hydrogen) atoms. The van der Waals surface area contributed by atoms with Crippen LogP contribution in [0.2, 0.25) is 0 Å². The van der Waals surface area contributed by atoms with Crippen molar-refractivity contribution < 1.29 is 35.3 Å². The highest BCUT2D eigenvalue weighted by Gasteiger charge is 2.49. The topological polar surface area (TPSA) is 102 Å². The highest BCUT2D eigenvalue weighted by atomic mass is 32.2. The summed E-state index contributed by atoms with van der Waals surface area (Å²) < 4.78 is 71.7. The van der Waals surface area contributed by atoms with Crippen molar-refractivity contribution in [1.82, 2.24) is 14.9 Å². The van der Waals surface area contributed by atoms with Crippen molar-refractivity contribution in [1.29, 1.82) is 0 Å². The minimum Gasteiger partial charge on any atom is -0.444 e. The van der Waals surface area contributed by atoms with Gasteiger partial charge in [-0.05, 0) is 82.6 Å². The molecule has 1 aromatic heterocycles. The molecule has 0 radical (unpaired) electrons. The van der Waals surface area contributed by atoms with Crippen LogP contribution in [0.5, 0.6) is 5.75 Å². The number of carbonyl (C=O) groups excluding carboxylic acids is 1. The number of alkyl halides is 3. The zero-order valence-corrected chi connectivity index (χ0v) is 20.6. The van der Waals surface area contributed by atoms with Gasteiger partial charge in [-0.25, -0.2) is 9.78 Å². The normalized spacial score (nSPS) is 18.9. The van der Waals surface area contributed by atoms with Crippen LogP contribution in [0.3, 0.4) is 0 Å². The Labute approximate surface area is 201 Å². The van der Waals surface area contributed by atoms with E-state index in [1.165, 1.54) is 6.07 Å². The van der Waals surface area contributed by atoms with E-state index in [0.717, 1.165) is 24.0 Å². The minimum atomic E-state index is -5.77. The fraction of sp³-hybridized carbons (Fsp3) is 0.565. The van der Waals surface area contributed by atoms with Crippen LogP contribution in [0.25, 0.3) is 11.3 Å². The number of aromatic nitrogens is 2. The van der Waals surface area contributed by atoms with Gasteiger partial charge in [0.2, 0.25) is 0 Å². The molecule has 192 valence electrons. The van der Waals surface area contributed by atoms with Gasteiger partial charge < -0.3 is 13.9 Å². The Kier molecular flexibility index (Phi) is 6.54. The highest BCUT2D eigenvalue weighted by molar-refractivity contribution is 7.88. The average molecular weight is 516 g/mol. The second-order valence-corrected chi connectivity index (χ2v) is 11.3. The molecule has 1 fully saturated rings. The summed E-state index contributed by atoms with van der Waals surface area (Å²) in [4.78, 5) is 22.0. The van der Waals surface area contributed by atoms with Gasteiger partial charge >= 0.3 is 21.7 Å². The van der Waals surface area contributed by atoms with Crippen molar-refractivity contribution in [3.8, 4) is 17.0 Å². The molecule has 1 amide bonds. The number of H-pyrrole nitrogens is 1. The molecule has 1 aliphatic heterocycles. The monoisotopic (exact) mass is 515 g/mol. The Bertz CT molecular complexity index is 1220. The van der Waals surface area contributed by atoms with Crippen LogP contribution in [0.1, 0.15) is 69.4 Å². The first-order valence-electron chi connectivity index (χ1n) is 11.5. The van der Waals surface area contributed by atoms with Gasteiger partial charge in [0.15, 0.2) is 0 Å². The lowest BCUT2D eigenvalue weighted by atomic mass is 9.87. The van der Waals surface area contributed by atoms with Gasteiger partial charge in [0.25, 0.3) is 0 Å². The first-order valence-corrected chi connectivity index (χ1v) is 12.9. The molecule has 1 atom stereocenters. The summed E-state index contributed by atoms with van der Waals surface area (Å²) in [6, 6.07) is 2.52. The summed E-state index contributed by atoms with van der Waals surface area (Å²) in [6.07, 6.45) is 5.21. The summed E-state index contributed by atoms with van der Waals surface area (Å²) in [6.45, 7) is 5.96. The molecule has 1 N–H and O–H groups in total. The van der Waals surface area contributed by atoms with Crippen LogP contribution in [0.15, 0.2) is 18.3 Å². The Balaban J connectivity index is 1.64. The molecule has 1 aliphatic carbocycles. The molecule has 2 heterocycles. The third-order valence-corrected chi connectivity index (χ3v) is 7.02. The summed E-state index contributed by atoms with van der Waals surface area (Å²) in [7, 11) is -5.77. The molecule has 0 saturated carbocycles. The fourth-order valence-corrected chi connectivity index (χ4v) is 5.05. The van der Waals surface area contributed by atoms with Crippen LogP contribution < -0.4 is 4.18 Å². The number of hydrogen-bond acceptors (Lipinski definition) is 6. The molecule has 0 bridgehead atoms. The maximum absolute atomic E-state index is 12.9. The van der Waals surface area contributed by atoms with E-state index in [9.17, 15) is 26.4 Å². The summed E-state index contributed by atoms with van der Waals surface area (Å²) in [5, 5.41) is 0. The quantitative estimate of drug-likeness (QED) is 0.441. The molecular formula is C23H28F3N3O5S. The number of hydrogen-bond donors (Lipinski definition) is 1. The minimum absolute atomic E-state index is 0.283. The number of nitrogens with one attached hydrogen (secondary N) is 1. The van der Waals surface area contributed by atoms with Crippen LogP contribution in [-0.4, -0.2) is 47.0 Å². The lowest BCUT2D eigenvalue weighted by Gasteiger charge is -2.27. The van der Waals surface area contributed by atoms with E-state index < -0.39 is 27.3 Å². The standard InChI is InChI=1S/C23H28F3N3O5S/c1-22(2,3)33-21(30)29-12-6-9-18(29)20-27-13-17(28-20)15-10-11-19(16-8-5-4-7-14(15)16)34-35(31,32)23(24,25)26/h10-11,13,18H,4-9,12H2,1-3H3,(H,27,28)/t18-/m0/s1. The van der Waals surface area contributed by atoms with E-state index in [4.69, 9.17) is 4.74 Å². The SMILES string of the molecule is CC(C)(C)OC(=O)N1CCC[C@H]1c1ncc(-c2ccc(OS(=O)(=O)C(F)(F)F)c3c2CCCC3)[nH]1. The van der Waals surface area contributed by atoms with Gasteiger partial charge in [-0.3, -0.25) is 4.90 Å². The number of ether oxygens (including phenoxy) is 1. The van der Waals surface area contributed by atoms with Crippen molar-refractivity contribution in [3.05, 3.63) is 35.3 Å². The van der Waals surface area contributed by atoms with Gasteiger partial charge in [0.1, 0.15) is 17.2 Å². The van der Waals surface area contributed by atoms with E-state index in [0.29, 0.717) is 49.3 Å². The van der Waals surface area contributed by atoms with Gasteiger partial charge in [0, 0.05) is 12.1 Å². The Morgan fingerprint density at radius 1 is 1.11 bits per heavy atom. The van der Waals surface area contributed by atoms with Gasteiger partial charge in [-0.15, -0.1) is 0 Å². The van der Waals surface area contributed by atoms with Crippen molar-refractivity contribution in [3.63, 3.8) is 0 Å². The summed E-state index contributed by atoms with van der Waals surface area (Å²) >= 11 is 0. The fourth-order valence-electron chi connectivity index (χ4n) is 4.56. The number of likely N-dealkylation sites (tertiary alicyclic amines) is 1. The molecule has 0 unspecified atom stereocenters. The van der Waals surface area contributed by atoms with Crippen LogP contribution in [0, 0.1) is 0 Å². The molecule has 1 aromatic carbocycles. The van der Waals surface area contributed by atoms with Crippen LogP contribution >= 0.6 is 0 Å². The Hall–Kier alpha value is -2.76. The number of nitrogens with zero attached hydrogens (tertiary/aromatic N) is 2. The van der Waals surface area contributed by atoms with Crippen molar-refractivity contribution in [2.24, 2.45) is 0 Å². The molecule has 0 spiro atoms. The van der Waals surface area contributed by atoms with Gasteiger partial charge in [0.05, 0.1) is 17.9 Å². The van der Waals surface area contributed by atoms with Crippen LogP contribution in [0.4, 0.5) is 18.0 Å².